The van der Waals surface area contributed by atoms with Crippen molar-refractivity contribution in [1.82, 2.24) is 19.7 Å². The van der Waals surface area contributed by atoms with E-state index in [-0.39, 0.29) is 17.6 Å². The second-order valence-electron chi connectivity index (χ2n) is 6.63. The quantitative estimate of drug-likeness (QED) is 0.545. The smallest absolute Gasteiger partial charge is 0.228 e. The number of nitrogens with one attached hydrogen (secondary N) is 1. The number of hydrogen-bond donors (Lipinski definition) is 2. The summed E-state index contributed by atoms with van der Waals surface area (Å²) in [6.07, 6.45) is 7.63. The largest absolute Gasteiger partial charge is 0.508 e. The van der Waals surface area contributed by atoms with Crippen molar-refractivity contribution in [2.24, 2.45) is 0 Å². The number of carbonyl (C=O) groups is 1. The monoisotopic (exact) mass is 372 g/mol. The molecule has 0 fully saturated rings. The van der Waals surface area contributed by atoms with E-state index in [9.17, 15) is 9.90 Å². The van der Waals surface area contributed by atoms with Crippen molar-refractivity contribution in [1.29, 1.82) is 0 Å². The van der Waals surface area contributed by atoms with Gasteiger partial charge < -0.3 is 14.8 Å². The molecule has 0 spiro atoms. The van der Waals surface area contributed by atoms with Crippen molar-refractivity contribution in [3.8, 4) is 5.75 Å². The number of benzene rings is 2. The number of aromatic hydroxyl groups is 1. The van der Waals surface area contributed by atoms with Gasteiger partial charge >= 0.3 is 0 Å². The van der Waals surface area contributed by atoms with E-state index in [1.807, 2.05) is 59.3 Å². The lowest BCUT2D eigenvalue weighted by Gasteiger charge is -2.17. The number of hydrogen-bond acceptors (Lipinski definition) is 4. The van der Waals surface area contributed by atoms with E-state index in [1.54, 1.807) is 24.5 Å². The van der Waals surface area contributed by atoms with Gasteiger partial charge in [0.2, 0.25) is 5.91 Å². The van der Waals surface area contributed by atoms with Crippen molar-refractivity contribution in [2.75, 3.05) is 0 Å². The molecule has 6 nitrogen and oxygen atoms in total. The van der Waals surface area contributed by atoms with Crippen LogP contribution in [0.1, 0.15) is 22.7 Å². The Morgan fingerprint density at radius 3 is 2.64 bits per heavy atom. The molecule has 0 aliphatic rings. The zero-order chi connectivity index (χ0) is 19.3. The Hall–Kier alpha value is -3.67. The number of fused-ring (bicyclic) bond motifs is 1. The molecule has 1 amide bonds. The fourth-order valence-electron chi connectivity index (χ4n) is 3.20. The molecular formula is C22H20N4O2. The number of phenols is 1. The van der Waals surface area contributed by atoms with E-state index in [2.05, 4.69) is 15.3 Å². The topological polar surface area (TPSA) is 79.5 Å². The van der Waals surface area contributed by atoms with Gasteiger partial charge in [-0.25, -0.2) is 4.98 Å². The molecule has 2 heterocycles. The van der Waals surface area contributed by atoms with Crippen LogP contribution in [0.25, 0.3) is 5.65 Å². The van der Waals surface area contributed by atoms with Crippen LogP contribution in [0.4, 0.5) is 0 Å². The Morgan fingerprint density at radius 1 is 1.11 bits per heavy atom. The molecule has 2 aromatic heterocycles. The molecular weight excluding hydrogens is 352 g/mol. The van der Waals surface area contributed by atoms with Crippen LogP contribution in [-0.2, 0) is 17.8 Å². The highest BCUT2D eigenvalue weighted by Crippen LogP contribution is 2.22. The molecule has 2 N–H and O–H groups in total. The van der Waals surface area contributed by atoms with E-state index in [4.69, 9.17) is 0 Å². The Labute approximate surface area is 162 Å². The van der Waals surface area contributed by atoms with Crippen LogP contribution in [0.3, 0.4) is 0 Å². The zero-order valence-corrected chi connectivity index (χ0v) is 15.2. The highest BCUT2D eigenvalue weighted by molar-refractivity contribution is 5.84. The Morgan fingerprint density at radius 2 is 1.89 bits per heavy atom. The average Bonchev–Trinajstić information content (AvgIpc) is 3.15. The maximum atomic E-state index is 13.0. The van der Waals surface area contributed by atoms with Crippen molar-refractivity contribution in [3.05, 3.63) is 96.2 Å². The maximum Gasteiger partial charge on any atom is 0.228 e. The number of phenolic OH excluding ortho intramolecular Hbond substituents is 1. The average molecular weight is 372 g/mol. The number of amides is 1. The first-order valence-electron chi connectivity index (χ1n) is 9.07. The van der Waals surface area contributed by atoms with Gasteiger partial charge in [0.1, 0.15) is 5.75 Å². The number of rotatable bonds is 6. The second kappa shape index (κ2) is 7.92. The van der Waals surface area contributed by atoms with E-state index in [0.717, 1.165) is 22.5 Å². The van der Waals surface area contributed by atoms with E-state index in [0.29, 0.717) is 13.0 Å². The maximum absolute atomic E-state index is 13.0. The number of imidazole rings is 1. The summed E-state index contributed by atoms with van der Waals surface area (Å²) in [7, 11) is 0. The van der Waals surface area contributed by atoms with Crippen LogP contribution in [0.15, 0.2) is 79.4 Å². The molecule has 0 aliphatic carbocycles. The highest BCUT2D eigenvalue weighted by Gasteiger charge is 2.21. The van der Waals surface area contributed by atoms with Crippen molar-refractivity contribution in [2.45, 2.75) is 18.9 Å². The lowest BCUT2D eigenvalue weighted by Crippen LogP contribution is -2.30. The SMILES string of the molecule is O=C(NCc1cn2ccncc2n1)C(Cc1ccc(O)cc1)c1ccccc1. The molecule has 2 aromatic carbocycles. The van der Waals surface area contributed by atoms with Gasteiger partial charge in [-0.1, -0.05) is 42.5 Å². The summed E-state index contributed by atoms with van der Waals surface area (Å²) in [4.78, 5) is 21.5. The van der Waals surface area contributed by atoms with E-state index >= 15 is 0 Å². The standard InChI is InChI=1S/C22H20N4O2/c27-19-8-6-16(7-9-19)12-20(17-4-2-1-3-5-17)22(28)24-13-18-15-26-11-10-23-14-21(26)25-18/h1-11,14-15,20,27H,12-13H2,(H,24,28). The van der Waals surface area contributed by atoms with Gasteiger partial charge in [-0.15, -0.1) is 0 Å². The number of aromatic nitrogens is 3. The number of carbonyl (C=O) groups excluding carboxylic acids is 1. The number of nitrogens with zero attached hydrogens (tertiary/aromatic N) is 3. The molecule has 0 bridgehead atoms. The molecule has 0 saturated carbocycles. The summed E-state index contributed by atoms with van der Waals surface area (Å²) in [5.74, 6) is -0.176. The summed E-state index contributed by atoms with van der Waals surface area (Å²) in [5.41, 5.74) is 3.46. The van der Waals surface area contributed by atoms with Crippen LogP contribution in [0, 0.1) is 0 Å². The van der Waals surface area contributed by atoms with Crippen LogP contribution >= 0.6 is 0 Å². The molecule has 28 heavy (non-hydrogen) atoms. The first-order valence-corrected chi connectivity index (χ1v) is 9.07. The molecule has 1 unspecified atom stereocenters. The fourth-order valence-corrected chi connectivity index (χ4v) is 3.20. The molecule has 0 aliphatic heterocycles. The zero-order valence-electron chi connectivity index (χ0n) is 15.2. The van der Waals surface area contributed by atoms with Gasteiger partial charge in [-0.3, -0.25) is 9.78 Å². The molecule has 0 radical (unpaired) electrons. The van der Waals surface area contributed by atoms with Gasteiger partial charge in [0, 0.05) is 18.6 Å². The van der Waals surface area contributed by atoms with Crippen molar-refractivity contribution >= 4 is 11.6 Å². The Balaban J connectivity index is 1.51. The lowest BCUT2D eigenvalue weighted by molar-refractivity contribution is -0.122. The summed E-state index contributed by atoms with van der Waals surface area (Å²) in [5, 5.41) is 12.5. The van der Waals surface area contributed by atoms with Gasteiger partial charge in [-0.2, -0.15) is 0 Å². The first-order chi connectivity index (χ1) is 13.7. The first kappa shape index (κ1) is 17.7. The summed E-state index contributed by atoms with van der Waals surface area (Å²) in [6, 6.07) is 16.7. The van der Waals surface area contributed by atoms with Gasteiger partial charge in [-0.05, 0) is 29.7 Å². The normalized spacial score (nSPS) is 12.0. The van der Waals surface area contributed by atoms with Crippen LogP contribution in [0.5, 0.6) is 5.75 Å². The van der Waals surface area contributed by atoms with Gasteiger partial charge in [0.25, 0.3) is 0 Å². The fraction of sp³-hybridized carbons (Fsp3) is 0.136. The Bertz CT molecular complexity index is 1040. The van der Waals surface area contributed by atoms with E-state index < -0.39 is 0 Å². The summed E-state index contributed by atoms with van der Waals surface area (Å²) >= 11 is 0. The van der Waals surface area contributed by atoms with Gasteiger partial charge in [0.05, 0.1) is 24.4 Å². The third-order valence-corrected chi connectivity index (χ3v) is 4.65. The Kier molecular flexibility index (Phi) is 5.01. The minimum atomic E-state index is -0.329. The van der Waals surface area contributed by atoms with Gasteiger partial charge in [0.15, 0.2) is 5.65 Å². The van der Waals surface area contributed by atoms with Crippen molar-refractivity contribution in [3.63, 3.8) is 0 Å². The molecule has 0 saturated heterocycles. The lowest BCUT2D eigenvalue weighted by atomic mass is 9.91. The van der Waals surface area contributed by atoms with Crippen molar-refractivity contribution < 1.29 is 9.90 Å². The minimum absolute atomic E-state index is 0.0607. The molecule has 4 aromatic rings. The van der Waals surface area contributed by atoms with Crippen LogP contribution < -0.4 is 5.32 Å². The molecule has 140 valence electrons. The second-order valence-corrected chi connectivity index (χ2v) is 6.63. The summed E-state index contributed by atoms with van der Waals surface area (Å²) < 4.78 is 1.87. The molecule has 4 rings (SSSR count). The molecule has 1 atom stereocenters. The highest BCUT2D eigenvalue weighted by atomic mass is 16.3. The predicted octanol–water partition coefficient (Wildman–Crippen LogP) is 3.08. The van der Waals surface area contributed by atoms with Crippen LogP contribution in [-0.4, -0.2) is 25.4 Å². The van der Waals surface area contributed by atoms with Crippen LogP contribution in [0.2, 0.25) is 0 Å². The predicted molar refractivity (Wildman–Crippen MR) is 106 cm³/mol. The minimum Gasteiger partial charge on any atom is -0.508 e. The third-order valence-electron chi connectivity index (χ3n) is 4.65. The molecule has 6 heteroatoms. The van der Waals surface area contributed by atoms with E-state index in [1.165, 1.54) is 0 Å². The summed E-state index contributed by atoms with van der Waals surface area (Å²) in [6.45, 7) is 0.347. The third kappa shape index (κ3) is 4.01.